The van der Waals surface area contributed by atoms with E-state index in [0.29, 0.717) is 21.9 Å². The molecule has 164 valence electrons. The van der Waals surface area contributed by atoms with E-state index < -0.39 is 11.9 Å². The first-order valence-corrected chi connectivity index (χ1v) is 11.0. The second-order valence-electron chi connectivity index (χ2n) is 6.91. The summed E-state index contributed by atoms with van der Waals surface area (Å²) in [4.78, 5) is 24.6. The minimum Gasteiger partial charge on any atom is -0.484 e. The number of hydrogen-bond acceptors (Lipinski definition) is 6. The number of nitrogens with zero attached hydrogens (tertiary/aromatic N) is 1. The second kappa shape index (κ2) is 10.9. The maximum Gasteiger partial charge on any atom is 0.353 e. The van der Waals surface area contributed by atoms with Crippen LogP contribution in [0.5, 0.6) is 11.5 Å². The van der Waals surface area contributed by atoms with E-state index in [0.717, 1.165) is 11.1 Å². The zero-order chi connectivity index (χ0) is 22.9. The lowest BCUT2D eigenvalue weighted by Crippen LogP contribution is -2.24. The number of carbonyl (C=O) groups excluding carboxylic acids is 2. The lowest BCUT2D eigenvalue weighted by molar-refractivity contribution is -0.123. The lowest BCUT2D eigenvalue weighted by Gasteiger charge is -2.07. The van der Waals surface area contributed by atoms with Crippen molar-refractivity contribution in [2.45, 2.75) is 0 Å². The van der Waals surface area contributed by atoms with Crippen molar-refractivity contribution in [2.24, 2.45) is 5.10 Å². The Morgan fingerprint density at radius 2 is 1.64 bits per heavy atom. The molecule has 4 rings (SSSR count). The summed E-state index contributed by atoms with van der Waals surface area (Å²) in [6.45, 7) is -0.166. The van der Waals surface area contributed by atoms with Crippen LogP contribution in [0.15, 0.2) is 101 Å². The molecule has 0 bridgehead atoms. The zero-order valence-corrected chi connectivity index (χ0v) is 18.3. The van der Waals surface area contributed by atoms with Gasteiger partial charge >= 0.3 is 5.97 Å². The van der Waals surface area contributed by atoms with Gasteiger partial charge in [-0.2, -0.15) is 5.10 Å². The SMILES string of the molecule is O=C(COc1ccc(-c2ccccc2)cc1)N/N=C/c1cccc(OC(=O)c2cccs2)c1. The van der Waals surface area contributed by atoms with Gasteiger partial charge in [0.15, 0.2) is 6.61 Å². The maximum absolute atomic E-state index is 12.1. The standard InChI is InChI=1S/C26H20N2O4S/c29-25(18-31-22-13-11-21(12-14-22)20-7-2-1-3-8-20)28-27-17-19-6-4-9-23(16-19)32-26(30)24-10-5-15-33-24/h1-17H,18H2,(H,28,29)/b27-17+. The van der Waals surface area contributed by atoms with Crippen molar-refractivity contribution in [2.75, 3.05) is 6.61 Å². The fourth-order valence-electron chi connectivity index (χ4n) is 2.94. The van der Waals surface area contributed by atoms with Gasteiger partial charge < -0.3 is 9.47 Å². The molecule has 6 nitrogen and oxygen atoms in total. The van der Waals surface area contributed by atoms with Crippen molar-refractivity contribution in [3.63, 3.8) is 0 Å². The Balaban J connectivity index is 1.25. The van der Waals surface area contributed by atoms with Crippen molar-refractivity contribution in [1.29, 1.82) is 0 Å². The summed E-state index contributed by atoms with van der Waals surface area (Å²) < 4.78 is 10.9. The van der Waals surface area contributed by atoms with Crippen LogP contribution in [0.2, 0.25) is 0 Å². The summed E-state index contributed by atoms with van der Waals surface area (Å²) >= 11 is 1.31. The first-order valence-electron chi connectivity index (χ1n) is 10.1. The van der Waals surface area contributed by atoms with E-state index in [-0.39, 0.29) is 6.61 Å². The minimum atomic E-state index is -0.415. The van der Waals surface area contributed by atoms with Crippen LogP contribution in [0.3, 0.4) is 0 Å². The van der Waals surface area contributed by atoms with Gasteiger partial charge in [-0.15, -0.1) is 11.3 Å². The van der Waals surface area contributed by atoms with Gasteiger partial charge in [-0.3, -0.25) is 4.79 Å². The summed E-state index contributed by atoms with van der Waals surface area (Å²) in [6.07, 6.45) is 1.47. The van der Waals surface area contributed by atoms with E-state index in [9.17, 15) is 9.59 Å². The van der Waals surface area contributed by atoms with E-state index in [4.69, 9.17) is 9.47 Å². The monoisotopic (exact) mass is 456 g/mol. The molecule has 33 heavy (non-hydrogen) atoms. The summed E-state index contributed by atoms with van der Waals surface area (Å²) in [7, 11) is 0. The summed E-state index contributed by atoms with van der Waals surface area (Å²) in [5.41, 5.74) is 5.27. The molecular weight excluding hydrogens is 436 g/mol. The van der Waals surface area contributed by atoms with Crippen molar-refractivity contribution in [3.8, 4) is 22.6 Å². The summed E-state index contributed by atoms with van der Waals surface area (Å²) in [6, 6.07) is 27.9. The minimum absolute atomic E-state index is 0.166. The van der Waals surface area contributed by atoms with Crippen LogP contribution in [0.4, 0.5) is 0 Å². The third-order valence-electron chi connectivity index (χ3n) is 4.53. The van der Waals surface area contributed by atoms with Gasteiger partial charge in [0, 0.05) is 0 Å². The normalized spacial score (nSPS) is 10.7. The Kier molecular flexibility index (Phi) is 7.25. The molecule has 0 fully saturated rings. The second-order valence-corrected chi connectivity index (χ2v) is 7.86. The van der Waals surface area contributed by atoms with Crippen LogP contribution >= 0.6 is 11.3 Å². The molecule has 7 heteroatoms. The van der Waals surface area contributed by atoms with Crippen molar-refractivity contribution < 1.29 is 19.1 Å². The predicted molar refractivity (Wildman–Crippen MR) is 129 cm³/mol. The molecule has 4 aromatic rings. The Hall–Kier alpha value is -4.23. The Labute approximate surface area is 195 Å². The van der Waals surface area contributed by atoms with Crippen molar-refractivity contribution in [1.82, 2.24) is 5.43 Å². The highest BCUT2D eigenvalue weighted by atomic mass is 32.1. The number of amides is 1. The molecule has 0 atom stereocenters. The fourth-order valence-corrected chi connectivity index (χ4v) is 3.54. The molecule has 0 aliphatic carbocycles. The van der Waals surface area contributed by atoms with Crippen molar-refractivity contribution >= 4 is 29.4 Å². The molecule has 1 heterocycles. The van der Waals surface area contributed by atoms with E-state index in [1.54, 1.807) is 36.4 Å². The van der Waals surface area contributed by atoms with Crippen LogP contribution < -0.4 is 14.9 Å². The van der Waals surface area contributed by atoms with Gasteiger partial charge in [-0.05, 0) is 52.4 Å². The van der Waals surface area contributed by atoms with Gasteiger partial charge in [-0.1, -0.05) is 60.7 Å². The summed E-state index contributed by atoms with van der Waals surface area (Å²) in [5, 5.41) is 5.75. The van der Waals surface area contributed by atoms with Crippen LogP contribution in [0.1, 0.15) is 15.2 Å². The molecule has 1 N–H and O–H groups in total. The third-order valence-corrected chi connectivity index (χ3v) is 5.38. The molecule has 0 aliphatic heterocycles. The average Bonchev–Trinajstić information content (AvgIpc) is 3.39. The quantitative estimate of drug-likeness (QED) is 0.172. The molecule has 0 radical (unpaired) electrons. The fraction of sp³-hybridized carbons (Fsp3) is 0.0385. The highest BCUT2D eigenvalue weighted by Gasteiger charge is 2.09. The number of ether oxygens (including phenoxy) is 2. The van der Waals surface area contributed by atoms with Crippen LogP contribution in [-0.4, -0.2) is 24.7 Å². The van der Waals surface area contributed by atoms with Gasteiger partial charge in [-0.25, -0.2) is 10.2 Å². The number of hydrogen-bond donors (Lipinski definition) is 1. The molecule has 0 aliphatic rings. The number of carbonyl (C=O) groups is 2. The molecule has 0 spiro atoms. The topological polar surface area (TPSA) is 77.0 Å². The van der Waals surface area contributed by atoms with Gasteiger partial charge in [0.05, 0.1) is 6.21 Å². The molecule has 1 amide bonds. The van der Waals surface area contributed by atoms with Crippen LogP contribution in [0.25, 0.3) is 11.1 Å². The predicted octanol–water partition coefficient (Wildman–Crippen LogP) is 5.16. The maximum atomic E-state index is 12.1. The largest absolute Gasteiger partial charge is 0.484 e. The Morgan fingerprint density at radius 1 is 0.848 bits per heavy atom. The zero-order valence-electron chi connectivity index (χ0n) is 17.5. The van der Waals surface area contributed by atoms with Crippen LogP contribution in [0, 0.1) is 0 Å². The number of thiophene rings is 1. The first kappa shape index (κ1) is 22.0. The van der Waals surface area contributed by atoms with E-state index >= 15 is 0 Å². The molecule has 0 saturated heterocycles. The molecule has 1 aromatic heterocycles. The molecule has 0 unspecified atom stereocenters. The number of hydrazone groups is 1. The van der Waals surface area contributed by atoms with E-state index in [2.05, 4.69) is 10.5 Å². The third kappa shape index (κ3) is 6.38. The molecule has 3 aromatic carbocycles. The number of benzene rings is 3. The van der Waals surface area contributed by atoms with Crippen LogP contribution in [-0.2, 0) is 4.79 Å². The highest BCUT2D eigenvalue weighted by molar-refractivity contribution is 7.12. The van der Waals surface area contributed by atoms with E-state index in [1.807, 2.05) is 60.0 Å². The van der Waals surface area contributed by atoms with Gasteiger partial charge in [0.25, 0.3) is 5.91 Å². The average molecular weight is 457 g/mol. The number of esters is 1. The van der Waals surface area contributed by atoms with Crippen molar-refractivity contribution in [3.05, 3.63) is 107 Å². The molecular formula is C26H20N2O4S. The number of nitrogens with one attached hydrogen (secondary N) is 1. The van der Waals surface area contributed by atoms with Gasteiger partial charge in [0.2, 0.25) is 0 Å². The van der Waals surface area contributed by atoms with E-state index in [1.165, 1.54) is 17.6 Å². The first-order chi connectivity index (χ1) is 16.2. The van der Waals surface area contributed by atoms with Gasteiger partial charge in [0.1, 0.15) is 16.4 Å². The molecule has 0 saturated carbocycles. The Morgan fingerprint density at radius 3 is 2.39 bits per heavy atom. The Bertz CT molecular complexity index is 1240. The number of rotatable bonds is 8. The summed E-state index contributed by atoms with van der Waals surface area (Å²) in [5.74, 6) is 0.181. The smallest absolute Gasteiger partial charge is 0.353 e. The highest BCUT2D eigenvalue weighted by Crippen LogP contribution is 2.22. The lowest BCUT2D eigenvalue weighted by atomic mass is 10.1.